The Balaban J connectivity index is 1.53. The molecule has 1 amide bonds. The number of nitrogens with one attached hydrogen (secondary N) is 1. The molecular formula is C14H19N3O2. The van der Waals surface area contributed by atoms with E-state index in [1.165, 1.54) is 0 Å². The lowest BCUT2D eigenvalue weighted by molar-refractivity contribution is -0.132. The van der Waals surface area contributed by atoms with Gasteiger partial charge in [-0.25, -0.2) is 0 Å². The standard InChI is InChI=1S/C14H19N3O2/c18-14(17-6-1-2-7-17)13-8-12(10-16-13)19-11-4-3-5-15-9-11/h3-5,9,12-13,16H,1-2,6-8,10H2/t12-,13-/m0/s1. The van der Waals surface area contributed by atoms with Crippen LogP contribution in [0.2, 0.25) is 0 Å². The smallest absolute Gasteiger partial charge is 0.239 e. The summed E-state index contributed by atoms with van der Waals surface area (Å²) in [5.41, 5.74) is 0. The molecule has 2 saturated heterocycles. The van der Waals surface area contributed by atoms with Crippen molar-refractivity contribution in [3.63, 3.8) is 0 Å². The molecular weight excluding hydrogens is 242 g/mol. The Morgan fingerprint density at radius 1 is 1.42 bits per heavy atom. The summed E-state index contributed by atoms with van der Waals surface area (Å²) in [6.07, 6.45) is 6.49. The van der Waals surface area contributed by atoms with Gasteiger partial charge in [-0.2, -0.15) is 0 Å². The average Bonchev–Trinajstić information content (AvgIpc) is 3.10. The van der Waals surface area contributed by atoms with Crippen molar-refractivity contribution in [3.05, 3.63) is 24.5 Å². The first-order valence-corrected chi connectivity index (χ1v) is 6.92. The monoisotopic (exact) mass is 261 g/mol. The van der Waals surface area contributed by atoms with Gasteiger partial charge in [0.15, 0.2) is 0 Å². The third-order valence-electron chi connectivity index (χ3n) is 3.74. The highest BCUT2D eigenvalue weighted by molar-refractivity contribution is 5.82. The molecule has 0 bridgehead atoms. The predicted octanol–water partition coefficient (Wildman–Crippen LogP) is 0.813. The van der Waals surface area contributed by atoms with Gasteiger partial charge in [-0.3, -0.25) is 9.78 Å². The molecule has 3 rings (SSSR count). The van der Waals surface area contributed by atoms with Crippen LogP contribution >= 0.6 is 0 Å². The quantitative estimate of drug-likeness (QED) is 0.875. The highest BCUT2D eigenvalue weighted by Crippen LogP contribution is 2.18. The van der Waals surface area contributed by atoms with Gasteiger partial charge in [-0.1, -0.05) is 0 Å². The van der Waals surface area contributed by atoms with Gasteiger partial charge < -0.3 is 15.0 Å². The van der Waals surface area contributed by atoms with E-state index in [1.54, 1.807) is 12.4 Å². The fraction of sp³-hybridized carbons (Fsp3) is 0.571. The number of ether oxygens (including phenoxy) is 1. The van der Waals surface area contributed by atoms with Gasteiger partial charge in [0.1, 0.15) is 11.9 Å². The second kappa shape index (κ2) is 5.57. The molecule has 0 unspecified atom stereocenters. The molecule has 2 aliphatic rings. The van der Waals surface area contributed by atoms with E-state index >= 15 is 0 Å². The molecule has 19 heavy (non-hydrogen) atoms. The van der Waals surface area contributed by atoms with Gasteiger partial charge in [0, 0.05) is 32.3 Å². The third-order valence-corrected chi connectivity index (χ3v) is 3.74. The number of nitrogens with zero attached hydrogens (tertiary/aromatic N) is 2. The SMILES string of the molecule is O=C([C@@H]1C[C@H](Oc2cccnc2)CN1)N1CCCC1. The molecule has 3 heterocycles. The zero-order chi connectivity index (χ0) is 13.1. The lowest BCUT2D eigenvalue weighted by Crippen LogP contribution is -2.42. The van der Waals surface area contributed by atoms with Crippen molar-refractivity contribution in [1.82, 2.24) is 15.2 Å². The molecule has 2 aliphatic heterocycles. The van der Waals surface area contributed by atoms with Crippen molar-refractivity contribution in [2.24, 2.45) is 0 Å². The molecule has 1 N–H and O–H groups in total. The number of likely N-dealkylation sites (tertiary alicyclic amines) is 1. The van der Waals surface area contributed by atoms with Crippen LogP contribution in [0.25, 0.3) is 0 Å². The minimum absolute atomic E-state index is 0.0563. The van der Waals surface area contributed by atoms with Crippen LogP contribution in [0.15, 0.2) is 24.5 Å². The number of pyridine rings is 1. The van der Waals surface area contributed by atoms with Gasteiger partial charge in [0.05, 0.1) is 12.2 Å². The van der Waals surface area contributed by atoms with Crippen LogP contribution in [0, 0.1) is 0 Å². The minimum Gasteiger partial charge on any atom is -0.487 e. The predicted molar refractivity (Wildman–Crippen MR) is 70.9 cm³/mol. The van der Waals surface area contributed by atoms with Crippen molar-refractivity contribution in [2.45, 2.75) is 31.4 Å². The first-order valence-electron chi connectivity index (χ1n) is 6.92. The lowest BCUT2D eigenvalue weighted by atomic mass is 10.2. The molecule has 0 aromatic carbocycles. The fourth-order valence-electron chi connectivity index (χ4n) is 2.75. The third kappa shape index (κ3) is 2.87. The van der Waals surface area contributed by atoms with E-state index < -0.39 is 0 Å². The Morgan fingerprint density at radius 2 is 2.26 bits per heavy atom. The highest BCUT2D eigenvalue weighted by Gasteiger charge is 2.34. The highest BCUT2D eigenvalue weighted by atomic mass is 16.5. The zero-order valence-electron chi connectivity index (χ0n) is 10.9. The van der Waals surface area contributed by atoms with E-state index in [2.05, 4.69) is 10.3 Å². The topological polar surface area (TPSA) is 54.5 Å². The molecule has 5 heteroatoms. The first kappa shape index (κ1) is 12.4. The maximum Gasteiger partial charge on any atom is 0.239 e. The van der Waals surface area contributed by atoms with E-state index in [0.29, 0.717) is 0 Å². The van der Waals surface area contributed by atoms with Crippen LogP contribution in [-0.4, -0.2) is 47.6 Å². The Hall–Kier alpha value is -1.62. The zero-order valence-corrected chi connectivity index (χ0v) is 10.9. The van der Waals surface area contributed by atoms with Gasteiger partial charge >= 0.3 is 0 Å². The number of carbonyl (C=O) groups is 1. The van der Waals surface area contributed by atoms with E-state index in [9.17, 15) is 4.79 Å². The Morgan fingerprint density at radius 3 is 3.00 bits per heavy atom. The normalized spacial score (nSPS) is 26.6. The van der Waals surface area contributed by atoms with E-state index in [4.69, 9.17) is 4.74 Å². The van der Waals surface area contributed by atoms with Crippen molar-refractivity contribution in [3.8, 4) is 5.75 Å². The van der Waals surface area contributed by atoms with Crippen molar-refractivity contribution in [2.75, 3.05) is 19.6 Å². The summed E-state index contributed by atoms with van der Waals surface area (Å²) in [6, 6.07) is 3.66. The number of hydrogen-bond donors (Lipinski definition) is 1. The first-order chi connectivity index (χ1) is 9.33. The summed E-state index contributed by atoms with van der Waals surface area (Å²) in [4.78, 5) is 18.2. The molecule has 0 radical (unpaired) electrons. The molecule has 2 atom stereocenters. The summed E-state index contributed by atoms with van der Waals surface area (Å²) in [7, 11) is 0. The Bertz CT molecular complexity index is 432. The number of rotatable bonds is 3. The molecule has 5 nitrogen and oxygen atoms in total. The van der Waals surface area contributed by atoms with Gasteiger partial charge in [-0.15, -0.1) is 0 Å². The molecule has 0 aliphatic carbocycles. The van der Waals surface area contributed by atoms with Gasteiger partial charge in [0.2, 0.25) is 5.91 Å². The summed E-state index contributed by atoms with van der Waals surface area (Å²) < 4.78 is 5.82. The summed E-state index contributed by atoms with van der Waals surface area (Å²) >= 11 is 0. The number of carbonyl (C=O) groups excluding carboxylic acids is 1. The Kier molecular flexibility index (Phi) is 3.64. The summed E-state index contributed by atoms with van der Waals surface area (Å²) in [5, 5.41) is 3.27. The van der Waals surface area contributed by atoms with Gasteiger partial charge in [-0.05, 0) is 25.0 Å². The number of hydrogen-bond acceptors (Lipinski definition) is 4. The largest absolute Gasteiger partial charge is 0.487 e. The minimum atomic E-state index is -0.0835. The Labute approximate surface area is 113 Å². The summed E-state index contributed by atoms with van der Waals surface area (Å²) in [5.74, 6) is 0.998. The van der Waals surface area contributed by atoms with Crippen molar-refractivity contribution in [1.29, 1.82) is 0 Å². The molecule has 2 fully saturated rings. The maximum absolute atomic E-state index is 12.2. The number of aromatic nitrogens is 1. The molecule has 1 aromatic heterocycles. The fourth-order valence-corrected chi connectivity index (χ4v) is 2.75. The van der Waals surface area contributed by atoms with Crippen molar-refractivity contribution < 1.29 is 9.53 Å². The van der Waals surface area contributed by atoms with E-state index in [-0.39, 0.29) is 18.1 Å². The molecule has 0 saturated carbocycles. The second-order valence-electron chi connectivity index (χ2n) is 5.16. The van der Waals surface area contributed by atoms with Crippen LogP contribution < -0.4 is 10.1 Å². The van der Waals surface area contributed by atoms with Crippen molar-refractivity contribution >= 4 is 5.91 Å². The van der Waals surface area contributed by atoms with Crippen LogP contribution in [0.4, 0.5) is 0 Å². The molecule has 1 aromatic rings. The van der Waals surface area contributed by atoms with Gasteiger partial charge in [0.25, 0.3) is 0 Å². The summed E-state index contributed by atoms with van der Waals surface area (Å²) in [6.45, 7) is 2.54. The average molecular weight is 261 g/mol. The van der Waals surface area contributed by atoms with Crippen LogP contribution in [0.5, 0.6) is 5.75 Å². The van der Waals surface area contributed by atoms with E-state index in [1.807, 2.05) is 17.0 Å². The maximum atomic E-state index is 12.2. The molecule has 0 spiro atoms. The van der Waals surface area contributed by atoms with Crippen LogP contribution in [0.3, 0.4) is 0 Å². The second-order valence-corrected chi connectivity index (χ2v) is 5.16. The number of amides is 1. The van der Waals surface area contributed by atoms with Crippen LogP contribution in [0.1, 0.15) is 19.3 Å². The lowest BCUT2D eigenvalue weighted by Gasteiger charge is -2.19. The molecule has 102 valence electrons. The van der Waals surface area contributed by atoms with Crippen LogP contribution in [-0.2, 0) is 4.79 Å². The van der Waals surface area contributed by atoms with E-state index in [0.717, 1.165) is 44.6 Å².